The molecule has 2 nitrogen and oxygen atoms in total. The second-order valence-electron chi connectivity index (χ2n) is 2.84. The van der Waals surface area contributed by atoms with Crippen LogP contribution in [0, 0.1) is 5.82 Å². The van der Waals surface area contributed by atoms with Crippen molar-refractivity contribution in [3.05, 3.63) is 28.0 Å². The summed E-state index contributed by atoms with van der Waals surface area (Å²) in [6, 6.07) is -0.636. The Morgan fingerprint density at radius 1 is 1.31 bits per heavy atom. The standard InChI is InChI=1S/C8H6BrF4NO.ClH/c9-3-1-4(6(15)5(10)2-3)7(14)8(11,12)13;/h1-2,7,15H,14H2;1H/t7-;/m1./s1. The molecule has 0 spiro atoms. The average Bonchev–Trinajstić information content (AvgIpc) is 2.08. The van der Waals surface area contributed by atoms with E-state index >= 15 is 0 Å². The molecule has 1 atom stereocenters. The van der Waals surface area contributed by atoms with E-state index in [9.17, 15) is 17.6 Å². The maximum Gasteiger partial charge on any atom is 0.407 e. The molecule has 0 aliphatic rings. The van der Waals surface area contributed by atoms with Gasteiger partial charge in [-0.2, -0.15) is 13.2 Å². The molecule has 0 saturated carbocycles. The molecule has 0 amide bonds. The maximum atomic E-state index is 12.9. The van der Waals surface area contributed by atoms with E-state index in [4.69, 9.17) is 10.8 Å². The Labute approximate surface area is 103 Å². The van der Waals surface area contributed by atoms with Crippen molar-refractivity contribution in [3.63, 3.8) is 0 Å². The van der Waals surface area contributed by atoms with Gasteiger partial charge >= 0.3 is 6.18 Å². The number of nitrogens with two attached hydrogens (primary N) is 1. The highest BCUT2D eigenvalue weighted by atomic mass is 79.9. The number of benzene rings is 1. The van der Waals surface area contributed by atoms with E-state index in [1.807, 2.05) is 0 Å². The van der Waals surface area contributed by atoms with Crippen molar-refractivity contribution in [1.29, 1.82) is 0 Å². The van der Waals surface area contributed by atoms with Crippen molar-refractivity contribution in [2.45, 2.75) is 12.2 Å². The Morgan fingerprint density at radius 3 is 2.25 bits per heavy atom. The van der Waals surface area contributed by atoms with Crippen molar-refractivity contribution in [1.82, 2.24) is 0 Å². The third-order valence-corrected chi connectivity index (χ3v) is 2.20. The van der Waals surface area contributed by atoms with Gasteiger partial charge in [0.15, 0.2) is 11.6 Å². The number of phenols is 1. The molecule has 92 valence electrons. The van der Waals surface area contributed by atoms with Crippen LogP contribution in [-0.4, -0.2) is 11.3 Å². The lowest BCUT2D eigenvalue weighted by molar-refractivity contribution is -0.149. The SMILES string of the molecule is Cl.N[C@H](c1cc(Br)cc(F)c1O)C(F)(F)F. The topological polar surface area (TPSA) is 46.2 Å². The molecule has 0 aliphatic heterocycles. The molecule has 0 saturated heterocycles. The molecule has 1 aromatic rings. The minimum Gasteiger partial charge on any atom is -0.505 e. The minimum atomic E-state index is -4.73. The van der Waals surface area contributed by atoms with Crippen LogP contribution in [-0.2, 0) is 0 Å². The van der Waals surface area contributed by atoms with Gasteiger partial charge in [-0.3, -0.25) is 0 Å². The van der Waals surface area contributed by atoms with E-state index in [2.05, 4.69) is 15.9 Å². The van der Waals surface area contributed by atoms with Crippen LogP contribution in [0.2, 0.25) is 0 Å². The zero-order chi connectivity index (χ0) is 11.8. The second kappa shape index (κ2) is 5.20. The summed E-state index contributed by atoms with van der Waals surface area (Å²) in [6.45, 7) is 0. The number of hydrogen-bond acceptors (Lipinski definition) is 2. The first-order chi connectivity index (χ1) is 6.73. The number of aromatic hydroxyl groups is 1. The molecule has 8 heteroatoms. The van der Waals surface area contributed by atoms with Gasteiger partial charge in [-0.05, 0) is 12.1 Å². The molecule has 3 N–H and O–H groups in total. The molecule has 0 heterocycles. The van der Waals surface area contributed by atoms with Crippen molar-refractivity contribution in [2.75, 3.05) is 0 Å². The molecule has 0 fully saturated rings. The molecule has 16 heavy (non-hydrogen) atoms. The summed E-state index contributed by atoms with van der Waals surface area (Å²) < 4.78 is 49.6. The highest BCUT2D eigenvalue weighted by molar-refractivity contribution is 9.10. The Hall–Kier alpha value is -0.530. The van der Waals surface area contributed by atoms with Crippen molar-refractivity contribution in [3.8, 4) is 5.75 Å². The summed E-state index contributed by atoms with van der Waals surface area (Å²) >= 11 is 2.81. The van der Waals surface area contributed by atoms with Gasteiger partial charge in [0.05, 0.1) is 0 Å². The van der Waals surface area contributed by atoms with E-state index < -0.39 is 29.3 Å². The maximum absolute atomic E-state index is 12.9. The first-order valence-electron chi connectivity index (χ1n) is 3.73. The highest BCUT2D eigenvalue weighted by Gasteiger charge is 2.39. The van der Waals surface area contributed by atoms with E-state index in [-0.39, 0.29) is 16.9 Å². The lowest BCUT2D eigenvalue weighted by Crippen LogP contribution is -2.28. The summed E-state index contributed by atoms with van der Waals surface area (Å²) in [5.41, 5.74) is 4.14. The zero-order valence-electron chi connectivity index (χ0n) is 7.55. The molecular formula is C8H7BrClF4NO. The van der Waals surface area contributed by atoms with Crippen molar-refractivity contribution < 1.29 is 22.7 Å². The first kappa shape index (κ1) is 15.5. The smallest absolute Gasteiger partial charge is 0.407 e. The normalized spacial score (nSPS) is 13.1. The van der Waals surface area contributed by atoms with Gasteiger partial charge in [-0.1, -0.05) is 15.9 Å². The van der Waals surface area contributed by atoms with Crippen LogP contribution in [0.4, 0.5) is 17.6 Å². The lowest BCUT2D eigenvalue weighted by Gasteiger charge is -2.17. The van der Waals surface area contributed by atoms with Crippen molar-refractivity contribution in [2.24, 2.45) is 5.73 Å². The van der Waals surface area contributed by atoms with Gasteiger partial charge in [0.2, 0.25) is 0 Å². The average molecular weight is 324 g/mol. The molecule has 0 unspecified atom stereocenters. The predicted octanol–water partition coefficient (Wildman–Crippen LogP) is 3.28. The van der Waals surface area contributed by atoms with Gasteiger partial charge in [-0.25, -0.2) is 4.39 Å². The van der Waals surface area contributed by atoms with Crippen LogP contribution < -0.4 is 5.73 Å². The summed E-state index contributed by atoms with van der Waals surface area (Å²) in [5.74, 6) is -2.23. The quantitative estimate of drug-likeness (QED) is 0.779. The van der Waals surface area contributed by atoms with Crippen LogP contribution in [0.15, 0.2) is 16.6 Å². The summed E-state index contributed by atoms with van der Waals surface area (Å²) in [7, 11) is 0. The highest BCUT2D eigenvalue weighted by Crippen LogP contribution is 2.37. The van der Waals surface area contributed by atoms with E-state index in [0.29, 0.717) is 0 Å². The molecule has 0 aliphatic carbocycles. The molecule has 1 rings (SSSR count). The Kier molecular flexibility index (Phi) is 5.03. The molecular weight excluding hydrogens is 317 g/mol. The van der Waals surface area contributed by atoms with E-state index in [1.54, 1.807) is 0 Å². The Balaban J connectivity index is 0.00000225. The molecule has 0 aromatic heterocycles. The van der Waals surface area contributed by atoms with Crippen LogP contribution in [0.5, 0.6) is 5.75 Å². The van der Waals surface area contributed by atoms with Gasteiger partial charge in [0.25, 0.3) is 0 Å². The third-order valence-electron chi connectivity index (χ3n) is 1.75. The zero-order valence-corrected chi connectivity index (χ0v) is 9.96. The molecule has 0 radical (unpaired) electrons. The largest absolute Gasteiger partial charge is 0.505 e. The van der Waals surface area contributed by atoms with Gasteiger partial charge in [0, 0.05) is 10.0 Å². The summed E-state index contributed by atoms with van der Waals surface area (Å²) in [4.78, 5) is 0. The van der Waals surface area contributed by atoms with Crippen LogP contribution in [0.3, 0.4) is 0 Å². The number of halogens is 6. The fourth-order valence-electron chi connectivity index (χ4n) is 0.999. The Morgan fingerprint density at radius 2 is 1.81 bits per heavy atom. The van der Waals surface area contributed by atoms with Crippen LogP contribution >= 0.6 is 28.3 Å². The number of hydrogen-bond donors (Lipinski definition) is 2. The number of rotatable bonds is 1. The fraction of sp³-hybridized carbons (Fsp3) is 0.250. The Bertz CT molecular complexity index is 385. The van der Waals surface area contributed by atoms with Crippen molar-refractivity contribution >= 4 is 28.3 Å². The van der Waals surface area contributed by atoms with Crippen LogP contribution in [0.25, 0.3) is 0 Å². The fourth-order valence-corrected chi connectivity index (χ4v) is 1.45. The number of alkyl halides is 3. The lowest BCUT2D eigenvalue weighted by atomic mass is 10.1. The summed E-state index contributed by atoms with van der Waals surface area (Å²) in [5, 5.41) is 9.08. The van der Waals surface area contributed by atoms with Gasteiger partial charge in [-0.15, -0.1) is 12.4 Å². The minimum absolute atomic E-state index is 0. The number of phenolic OH excluding ortho intramolecular Hbond substituents is 1. The molecule has 1 aromatic carbocycles. The van der Waals surface area contributed by atoms with E-state index in [1.165, 1.54) is 0 Å². The predicted molar refractivity (Wildman–Crippen MR) is 56.0 cm³/mol. The molecule has 0 bridgehead atoms. The first-order valence-corrected chi connectivity index (χ1v) is 4.53. The van der Waals surface area contributed by atoms with Crippen LogP contribution in [0.1, 0.15) is 11.6 Å². The van der Waals surface area contributed by atoms with E-state index in [0.717, 1.165) is 12.1 Å². The van der Waals surface area contributed by atoms with Gasteiger partial charge in [0.1, 0.15) is 6.04 Å². The summed E-state index contributed by atoms with van der Waals surface area (Å²) in [6.07, 6.45) is -4.73. The van der Waals surface area contributed by atoms with Gasteiger partial charge < -0.3 is 10.8 Å². The third kappa shape index (κ3) is 3.23. The second-order valence-corrected chi connectivity index (χ2v) is 3.76. The monoisotopic (exact) mass is 323 g/mol.